The zero-order valence-electron chi connectivity index (χ0n) is 20.8. The van der Waals surface area contributed by atoms with E-state index in [2.05, 4.69) is 26.5 Å². The number of carbonyl (C=O) groups excluding carboxylic acids is 1. The molecule has 0 spiro atoms. The number of thiophene rings is 1. The first kappa shape index (κ1) is 25.3. The molecule has 0 atom stereocenters. The van der Waals surface area contributed by atoms with Gasteiger partial charge in [-0.3, -0.25) is 14.8 Å². The Balaban J connectivity index is 1.39. The quantitative estimate of drug-likeness (QED) is 0.365. The summed E-state index contributed by atoms with van der Waals surface area (Å²) in [6.45, 7) is 4.90. The van der Waals surface area contributed by atoms with Crippen molar-refractivity contribution in [3.63, 3.8) is 0 Å². The Labute approximate surface area is 220 Å². The molecule has 0 aliphatic carbocycles. The van der Waals surface area contributed by atoms with Gasteiger partial charge in [0.25, 0.3) is 5.91 Å². The molecule has 0 radical (unpaired) electrons. The van der Waals surface area contributed by atoms with Gasteiger partial charge in [-0.05, 0) is 53.3 Å². The van der Waals surface area contributed by atoms with Crippen LogP contribution in [0.3, 0.4) is 0 Å². The summed E-state index contributed by atoms with van der Waals surface area (Å²) < 4.78 is 25.2. The number of para-hydroxylation sites is 1. The van der Waals surface area contributed by atoms with E-state index in [1.54, 1.807) is 0 Å². The molecule has 4 aromatic rings. The van der Waals surface area contributed by atoms with Gasteiger partial charge in [0.15, 0.2) is 0 Å². The van der Waals surface area contributed by atoms with Gasteiger partial charge in [-0.2, -0.15) is 9.40 Å². The van der Waals surface area contributed by atoms with Crippen molar-refractivity contribution in [1.29, 1.82) is 0 Å². The molecular formula is C27H29N5O3S2. The number of fused-ring (bicyclic) bond motifs is 1. The van der Waals surface area contributed by atoms with E-state index in [0.717, 1.165) is 39.0 Å². The minimum absolute atomic E-state index is 0.133. The molecule has 2 aromatic heterocycles. The van der Waals surface area contributed by atoms with Gasteiger partial charge in [0.05, 0.1) is 22.3 Å². The average molecular weight is 536 g/mol. The molecule has 5 rings (SSSR count). The lowest BCUT2D eigenvalue weighted by Crippen LogP contribution is -2.47. The zero-order valence-corrected chi connectivity index (χ0v) is 22.4. The maximum Gasteiger partial charge on any atom is 0.266 e. The highest BCUT2D eigenvalue weighted by molar-refractivity contribution is 7.88. The third kappa shape index (κ3) is 5.83. The topological polar surface area (TPSA) is 98.4 Å². The smallest absolute Gasteiger partial charge is 0.266 e. The van der Waals surface area contributed by atoms with Gasteiger partial charge in [-0.1, -0.05) is 36.4 Å². The predicted octanol–water partition coefficient (Wildman–Crippen LogP) is 4.43. The number of aromatic nitrogens is 2. The molecule has 1 fully saturated rings. The van der Waals surface area contributed by atoms with Crippen molar-refractivity contribution >= 4 is 56.0 Å². The maximum absolute atomic E-state index is 13.1. The van der Waals surface area contributed by atoms with Crippen LogP contribution in [0.15, 0.2) is 53.9 Å². The van der Waals surface area contributed by atoms with Gasteiger partial charge in [0.2, 0.25) is 10.0 Å². The number of aryl methyl sites for hydroxylation is 1. The Bertz CT molecular complexity index is 1560. The molecule has 3 heterocycles. The van der Waals surface area contributed by atoms with E-state index < -0.39 is 10.0 Å². The largest absolute Gasteiger partial charge is 0.321 e. The summed E-state index contributed by atoms with van der Waals surface area (Å²) >= 11 is 1.42. The van der Waals surface area contributed by atoms with E-state index >= 15 is 0 Å². The van der Waals surface area contributed by atoms with Crippen LogP contribution >= 0.6 is 11.3 Å². The first-order valence-corrected chi connectivity index (χ1v) is 14.8. The third-order valence-corrected chi connectivity index (χ3v) is 8.88. The summed E-state index contributed by atoms with van der Waals surface area (Å²) in [5, 5.41) is 13.5. The van der Waals surface area contributed by atoms with E-state index in [4.69, 9.17) is 0 Å². The SMILES string of the molecule is Cc1ccsc1C(=O)Nc1cc(CN2CCN(S(C)(=O)=O)CC2)ccc1C=Cc1n[nH]c2ccccc12. The number of anilines is 1. The lowest BCUT2D eigenvalue weighted by Gasteiger charge is -2.33. The number of hydrogen-bond donors (Lipinski definition) is 2. The summed E-state index contributed by atoms with van der Waals surface area (Å²) in [4.78, 5) is 16.0. The summed E-state index contributed by atoms with van der Waals surface area (Å²) in [7, 11) is -3.17. The second kappa shape index (κ2) is 10.6. The molecule has 1 aliphatic heterocycles. The number of nitrogens with one attached hydrogen (secondary N) is 2. The Morgan fingerprint density at radius 1 is 1.11 bits per heavy atom. The Morgan fingerprint density at radius 2 is 1.89 bits per heavy atom. The zero-order chi connectivity index (χ0) is 26.0. The second-order valence-corrected chi connectivity index (χ2v) is 12.1. The van der Waals surface area contributed by atoms with Gasteiger partial charge in [-0.25, -0.2) is 8.42 Å². The lowest BCUT2D eigenvalue weighted by molar-refractivity contribution is 0.103. The van der Waals surface area contributed by atoms with Crippen LogP contribution in [0.25, 0.3) is 23.1 Å². The third-order valence-electron chi connectivity index (χ3n) is 6.56. The summed E-state index contributed by atoms with van der Waals surface area (Å²) in [5.74, 6) is -0.133. The van der Waals surface area contributed by atoms with Crippen molar-refractivity contribution in [3.8, 4) is 0 Å². The number of H-pyrrole nitrogens is 1. The Hall–Kier alpha value is -3.31. The van der Waals surface area contributed by atoms with Crippen LogP contribution in [0.5, 0.6) is 0 Å². The van der Waals surface area contributed by atoms with Gasteiger partial charge in [0.1, 0.15) is 0 Å². The summed E-state index contributed by atoms with van der Waals surface area (Å²) in [5.41, 5.74) is 5.39. The number of benzene rings is 2. The number of piperazine rings is 1. The molecule has 0 saturated carbocycles. The van der Waals surface area contributed by atoms with Crippen LogP contribution in [0.4, 0.5) is 5.69 Å². The normalized spacial score (nSPS) is 15.5. The van der Waals surface area contributed by atoms with E-state index in [1.165, 1.54) is 21.9 Å². The molecule has 10 heteroatoms. The predicted molar refractivity (Wildman–Crippen MR) is 150 cm³/mol. The van der Waals surface area contributed by atoms with Crippen molar-refractivity contribution < 1.29 is 13.2 Å². The van der Waals surface area contributed by atoms with Crippen LogP contribution in [0.1, 0.15) is 32.1 Å². The number of carbonyl (C=O) groups is 1. The fraction of sp³-hybridized carbons (Fsp3) is 0.259. The monoisotopic (exact) mass is 535 g/mol. The van der Waals surface area contributed by atoms with Crippen molar-refractivity contribution in [1.82, 2.24) is 19.4 Å². The molecule has 192 valence electrons. The first-order chi connectivity index (χ1) is 17.8. The standard InChI is InChI=1S/C27H29N5O3S2/c1-19-11-16-36-26(19)27(33)28-25-17-20(18-31-12-14-32(15-13-31)37(2,34)35)7-8-21(25)9-10-24-22-5-3-4-6-23(22)29-30-24/h3-11,16-17H,12-15,18H2,1-2H3,(H,28,33)(H,29,30). The van der Waals surface area contributed by atoms with Gasteiger partial charge < -0.3 is 5.32 Å². The minimum atomic E-state index is -3.17. The fourth-order valence-electron chi connectivity index (χ4n) is 4.50. The van der Waals surface area contributed by atoms with Gasteiger partial charge in [-0.15, -0.1) is 11.3 Å². The molecule has 2 aromatic carbocycles. The Kier molecular flexibility index (Phi) is 7.25. The van der Waals surface area contributed by atoms with E-state index in [9.17, 15) is 13.2 Å². The number of sulfonamides is 1. The van der Waals surface area contributed by atoms with E-state index in [0.29, 0.717) is 37.6 Å². The number of rotatable bonds is 7. The second-order valence-electron chi connectivity index (χ2n) is 9.23. The molecule has 8 nitrogen and oxygen atoms in total. The van der Waals surface area contributed by atoms with Crippen molar-refractivity contribution in [3.05, 3.63) is 81.2 Å². The number of amides is 1. The van der Waals surface area contributed by atoms with Crippen molar-refractivity contribution in [2.75, 3.05) is 37.8 Å². The molecule has 37 heavy (non-hydrogen) atoms. The molecule has 1 amide bonds. The van der Waals surface area contributed by atoms with Crippen LogP contribution in [0, 0.1) is 6.92 Å². The van der Waals surface area contributed by atoms with Crippen LogP contribution in [0.2, 0.25) is 0 Å². The average Bonchev–Trinajstić information content (AvgIpc) is 3.49. The van der Waals surface area contributed by atoms with Crippen LogP contribution in [-0.4, -0.2) is 66.2 Å². The highest BCUT2D eigenvalue weighted by atomic mass is 32.2. The first-order valence-electron chi connectivity index (χ1n) is 12.0. The highest BCUT2D eigenvalue weighted by Crippen LogP contribution is 2.26. The Morgan fingerprint density at radius 3 is 2.62 bits per heavy atom. The molecular weight excluding hydrogens is 506 g/mol. The van der Waals surface area contributed by atoms with Crippen molar-refractivity contribution in [2.24, 2.45) is 0 Å². The minimum Gasteiger partial charge on any atom is -0.321 e. The molecule has 0 unspecified atom stereocenters. The summed E-state index contributed by atoms with van der Waals surface area (Å²) in [6.07, 6.45) is 5.17. The maximum atomic E-state index is 13.1. The number of nitrogens with zero attached hydrogens (tertiary/aromatic N) is 3. The van der Waals surface area contributed by atoms with Gasteiger partial charge >= 0.3 is 0 Å². The van der Waals surface area contributed by atoms with Crippen molar-refractivity contribution in [2.45, 2.75) is 13.5 Å². The molecule has 0 bridgehead atoms. The summed E-state index contributed by atoms with van der Waals surface area (Å²) in [6, 6.07) is 16.0. The molecule has 2 N–H and O–H groups in total. The van der Waals surface area contributed by atoms with Crippen LogP contribution in [-0.2, 0) is 16.6 Å². The number of hydrogen-bond acceptors (Lipinski definition) is 6. The molecule has 1 aliphatic rings. The van der Waals surface area contributed by atoms with Crippen LogP contribution < -0.4 is 5.32 Å². The number of aromatic amines is 1. The highest BCUT2D eigenvalue weighted by Gasteiger charge is 2.23. The fourth-order valence-corrected chi connectivity index (χ4v) is 6.14. The lowest BCUT2D eigenvalue weighted by atomic mass is 10.1. The molecule has 1 saturated heterocycles. The van der Waals surface area contributed by atoms with Gasteiger partial charge in [0, 0.05) is 43.8 Å². The van der Waals surface area contributed by atoms with E-state index in [-0.39, 0.29) is 5.91 Å². The van der Waals surface area contributed by atoms with E-state index in [1.807, 2.05) is 66.9 Å².